The molecule has 2 atom stereocenters. The minimum absolute atomic E-state index is 0.111. The van der Waals surface area contributed by atoms with Gasteiger partial charge in [0.05, 0.1) is 13.2 Å². The predicted molar refractivity (Wildman–Crippen MR) is 144 cm³/mol. The number of nitrogens with zero attached hydrogens (tertiary/aromatic N) is 1. The molecule has 1 saturated heterocycles. The number of rotatable bonds is 8. The molecule has 0 aromatic heterocycles. The maximum absolute atomic E-state index is 13.5. The summed E-state index contributed by atoms with van der Waals surface area (Å²) in [6.45, 7) is 5.62. The number of hydrogen-bond acceptors (Lipinski definition) is 7. The molecule has 11 heteroatoms. The molecule has 0 radical (unpaired) electrons. The molecule has 0 unspecified atom stereocenters. The Hall–Kier alpha value is -3.18. The second kappa shape index (κ2) is 15.4. The summed E-state index contributed by atoms with van der Waals surface area (Å²) in [5, 5.41) is 8.59. The molecular formula is C28H42N4O7. The number of methoxy groups -OCH3 is 1. The van der Waals surface area contributed by atoms with E-state index in [0.717, 1.165) is 18.4 Å². The normalized spacial score (nSPS) is 21.8. The van der Waals surface area contributed by atoms with Crippen LogP contribution in [0.3, 0.4) is 0 Å². The van der Waals surface area contributed by atoms with Gasteiger partial charge >= 0.3 is 0 Å². The number of ether oxygens (including phenoxy) is 3. The molecule has 216 valence electrons. The van der Waals surface area contributed by atoms with Crippen molar-refractivity contribution in [1.82, 2.24) is 20.9 Å². The highest BCUT2D eigenvalue weighted by Gasteiger charge is 2.30. The summed E-state index contributed by atoms with van der Waals surface area (Å²) >= 11 is 0. The van der Waals surface area contributed by atoms with Gasteiger partial charge in [-0.25, -0.2) is 0 Å². The van der Waals surface area contributed by atoms with Crippen molar-refractivity contribution in [1.29, 1.82) is 0 Å². The molecule has 39 heavy (non-hydrogen) atoms. The van der Waals surface area contributed by atoms with E-state index < -0.39 is 23.9 Å². The zero-order valence-corrected chi connectivity index (χ0v) is 23.2. The molecular weight excluding hydrogens is 504 g/mol. The Kier molecular flexibility index (Phi) is 12.0. The van der Waals surface area contributed by atoms with E-state index in [9.17, 15) is 19.2 Å². The van der Waals surface area contributed by atoms with Crippen LogP contribution in [0.25, 0.3) is 0 Å². The van der Waals surface area contributed by atoms with Gasteiger partial charge in [0.2, 0.25) is 17.7 Å². The van der Waals surface area contributed by atoms with E-state index in [1.807, 2.05) is 13.8 Å². The van der Waals surface area contributed by atoms with Gasteiger partial charge in [-0.1, -0.05) is 26.0 Å². The number of fused-ring (bicyclic) bond motifs is 13. The fourth-order valence-electron chi connectivity index (χ4n) is 4.67. The van der Waals surface area contributed by atoms with Crippen molar-refractivity contribution >= 4 is 23.6 Å². The molecule has 0 saturated carbocycles. The number of benzene rings is 1. The SMILES string of the molecule is COCCN1CC(=O)N[C@H](C(=O)NCC2CCOCC2)Cc2ccc(cc2)OCC(=O)N[C@@H](CC(C)C)C1=O. The maximum Gasteiger partial charge on any atom is 0.258 e. The number of carbonyl (C=O) groups is 4. The maximum atomic E-state index is 13.5. The van der Waals surface area contributed by atoms with E-state index in [4.69, 9.17) is 14.2 Å². The molecule has 4 amide bonds. The first-order valence-corrected chi connectivity index (χ1v) is 13.7. The van der Waals surface area contributed by atoms with E-state index in [0.29, 0.717) is 37.8 Å². The number of nitrogens with one attached hydrogen (secondary N) is 3. The van der Waals surface area contributed by atoms with Crippen LogP contribution in [0.5, 0.6) is 5.75 Å². The average Bonchev–Trinajstić information content (AvgIpc) is 2.92. The van der Waals surface area contributed by atoms with Gasteiger partial charge in [0, 0.05) is 39.8 Å². The molecule has 2 bridgehead atoms. The number of carbonyl (C=O) groups excluding carboxylic acids is 4. The van der Waals surface area contributed by atoms with E-state index in [2.05, 4.69) is 16.0 Å². The Morgan fingerprint density at radius 2 is 1.82 bits per heavy atom. The molecule has 1 aromatic carbocycles. The fraction of sp³-hybridized carbons (Fsp3) is 0.643. The van der Waals surface area contributed by atoms with Crippen LogP contribution in [-0.4, -0.2) is 93.8 Å². The Balaban J connectivity index is 1.83. The van der Waals surface area contributed by atoms with Crippen LogP contribution in [0.1, 0.15) is 38.7 Å². The summed E-state index contributed by atoms with van der Waals surface area (Å²) in [5.74, 6) is -0.637. The number of hydrogen-bond donors (Lipinski definition) is 3. The van der Waals surface area contributed by atoms with E-state index in [1.54, 1.807) is 24.3 Å². The predicted octanol–water partition coefficient (Wildman–Crippen LogP) is 0.655. The second-order valence-electron chi connectivity index (χ2n) is 10.6. The lowest BCUT2D eigenvalue weighted by Gasteiger charge is -2.29. The minimum atomic E-state index is -0.834. The van der Waals surface area contributed by atoms with Crippen molar-refractivity contribution in [2.24, 2.45) is 11.8 Å². The highest BCUT2D eigenvalue weighted by molar-refractivity contribution is 5.93. The minimum Gasteiger partial charge on any atom is -0.484 e. The summed E-state index contributed by atoms with van der Waals surface area (Å²) in [7, 11) is 1.51. The smallest absolute Gasteiger partial charge is 0.258 e. The van der Waals surface area contributed by atoms with Crippen molar-refractivity contribution in [2.75, 3.05) is 53.2 Å². The first-order chi connectivity index (χ1) is 18.7. The van der Waals surface area contributed by atoms with Crippen molar-refractivity contribution in [3.63, 3.8) is 0 Å². The summed E-state index contributed by atoms with van der Waals surface area (Å²) in [6, 6.07) is 5.38. The third-order valence-electron chi connectivity index (χ3n) is 6.84. The zero-order valence-electron chi connectivity index (χ0n) is 23.2. The largest absolute Gasteiger partial charge is 0.484 e. The van der Waals surface area contributed by atoms with Gasteiger partial charge in [-0.15, -0.1) is 0 Å². The monoisotopic (exact) mass is 546 g/mol. The van der Waals surface area contributed by atoms with E-state index >= 15 is 0 Å². The van der Waals surface area contributed by atoms with Crippen LogP contribution < -0.4 is 20.7 Å². The van der Waals surface area contributed by atoms with Gasteiger partial charge in [0.1, 0.15) is 17.8 Å². The van der Waals surface area contributed by atoms with E-state index in [-0.39, 0.29) is 50.5 Å². The third-order valence-corrected chi connectivity index (χ3v) is 6.84. The molecule has 3 N–H and O–H groups in total. The Bertz CT molecular complexity index is 963. The Morgan fingerprint density at radius 3 is 2.49 bits per heavy atom. The van der Waals surface area contributed by atoms with Gasteiger partial charge in [0.15, 0.2) is 6.61 Å². The van der Waals surface area contributed by atoms with Crippen molar-refractivity contribution < 1.29 is 33.4 Å². The highest BCUT2D eigenvalue weighted by Crippen LogP contribution is 2.16. The molecule has 0 spiro atoms. The molecule has 11 nitrogen and oxygen atoms in total. The summed E-state index contributed by atoms with van der Waals surface area (Å²) < 4.78 is 16.2. The highest BCUT2D eigenvalue weighted by atomic mass is 16.5. The molecule has 3 aliphatic heterocycles. The van der Waals surface area contributed by atoms with Gasteiger partial charge in [-0.05, 0) is 48.8 Å². The summed E-state index contributed by atoms with van der Waals surface area (Å²) in [6.07, 6.45) is 2.41. The van der Waals surface area contributed by atoms with Crippen molar-refractivity contribution in [3.8, 4) is 5.75 Å². The lowest BCUT2D eigenvalue weighted by molar-refractivity contribution is -0.141. The van der Waals surface area contributed by atoms with Gasteiger partial charge in [0.25, 0.3) is 5.91 Å². The van der Waals surface area contributed by atoms with Crippen molar-refractivity contribution in [3.05, 3.63) is 29.8 Å². The summed E-state index contributed by atoms with van der Waals surface area (Å²) in [5.41, 5.74) is 0.815. The molecule has 4 rings (SSSR count). The Labute approximate surface area is 230 Å². The standard InChI is InChI=1S/C28H42N4O7/c1-19(2)14-24-28(36)32(10-13-37-3)17-25(33)30-23(27(35)29-16-21-8-11-38-12-9-21)15-20-4-6-22(7-5-20)39-18-26(34)31-24/h4-7,19,21,23-24H,8-18H2,1-3H3,(H,29,35)(H,30,33)(H,31,34)/t23-,24-/m0/s1. The fourth-order valence-corrected chi connectivity index (χ4v) is 4.67. The molecule has 3 aliphatic rings. The van der Waals surface area contributed by atoms with Crippen LogP contribution >= 0.6 is 0 Å². The first-order valence-electron chi connectivity index (χ1n) is 13.7. The molecule has 0 aliphatic carbocycles. The first kappa shape index (κ1) is 30.4. The molecule has 1 aromatic rings. The van der Waals surface area contributed by atoms with Gasteiger partial charge in [-0.2, -0.15) is 0 Å². The zero-order chi connectivity index (χ0) is 28.2. The van der Waals surface area contributed by atoms with Gasteiger partial charge in [-0.3, -0.25) is 19.2 Å². The van der Waals surface area contributed by atoms with Crippen LogP contribution in [0.15, 0.2) is 24.3 Å². The summed E-state index contributed by atoms with van der Waals surface area (Å²) in [4.78, 5) is 54.0. The quantitative estimate of drug-likeness (QED) is 0.408. The molecule has 1 fully saturated rings. The van der Waals surface area contributed by atoms with Crippen LogP contribution in [0, 0.1) is 11.8 Å². The lowest BCUT2D eigenvalue weighted by Crippen LogP contribution is -2.55. The van der Waals surface area contributed by atoms with Gasteiger partial charge < -0.3 is 35.1 Å². The van der Waals surface area contributed by atoms with Crippen LogP contribution in [0.4, 0.5) is 0 Å². The average molecular weight is 547 g/mol. The third kappa shape index (κ3) is 10.1. The lowest BCUT2D eigenvalue weighted by atomic mass is 9.99. The van der Waals surface area contributed by atoms with Crippen LogP contribution in [0.2, 0.25) is 0 Å². The van der Waals surface area contributed by atoms with Crippen LogP contribution in [-0.2, 0) is 35.1 Å². The topological polar surface area (TPSA) is 135 Å². The second-order valence-corrected chi connectivity index (χ2v) is 10.6. The van der Waals surface area contributed by atoms with E-state index in [1.165, 1.54) is 12.0 Å². The number of amides is 4. The van der Waals surface area contributed by atoms with Crippen molar-refractivity contribution in [2.45, 2.75) is 51.6 Å². The molecule has 3 heterocycles. The Morgan fingerprint density at radius 1 is 1.10 bits per heavy atom.